The van der Waals surface area contributed by atoms with Crippen molar-refractivity contribution in [1.82, 2.24) is 20.0 Å². The molecule has 1 unspecified atom stereocenters. The summed E-state index contributed by atoms with van der Waals surface area (Å²) >= 11 is 0. The van der Waals surface area contributed by atoms with Crippen molar-refractivity contribution in [1.29, 1.82) is 0 Å². The molecule has 1 atom stereocenters. The lowest BCUT2D eigenvalue weighted by Crippen LogP contribution is -2.41. The van der Waals surface area contributed by atoms with Crippen LogP contribution in [-0.4, -0.2) is 65.7 Å². The van der Waals surface area contributed by atoms with Crippen LogP contribution in [0.2, 0.25) is 0 Å². The molecule has 0 aromatic carbocycles. The zero-order valence-electron chi connectivity index (χ0n) is 13.2. The summed E-state index contributed by atoms with van der Waals surface area (Å²) in [6, 6.07) is 4.01. The minimum absolute atomic E-state index is 0.129. The third kappa shape index (κ3) is 4.39. The molecule has 1 aliphatic rings. The zero-order chi connectivity index (χ0) is 15.2. The Morgan fingerprint density at radius 1 is 1.29 bits per heavy atom. The number of nitrogens with zero attached hydrogens (tertiary/aromatic N) is 4. The highest BCUT2D eigenvalue weighted by Crippen LogP contribution is 2.12. The maximum Gasteiger partial charge on any atom is 0.273 e. The maximum absolute atomic E-state index is 11.7. The number of aromatic nitrogens is 2. The molecule has 1 amide bonds. The van der Waals surface area contributed by atoms with E-state index in [2.05, 4.69) is 27.3 Å². The maximum atomic E-state index is 11.7. The second-order valence-electron chi connectivity index (χ2n) is 5.83. The number of piperidine rings is 1. The van der Waals surface area contributed by atoms with Crippen LogP contribution in [0.4, 0.5) is 5.82 Å². The van der Waals surface area contributed by atoms with E-state index in [1.807, 2.05) is 6.07 Å². The van der Waals surface area contributed by atoms with Gasteiger partial charge in [0.2, 0.25) is 0 Å². The van der Waals surface area contributed by atoms with Crippen LogP contribution in [0.1, 0.15) is 36.7 Å². The molecule has 0 saturated carbocycles. The summed E-state index contributed by atoms with van der Waals surface area (Å²) in [5.41, 5.74) is 0.370. The topological polar surface area (TPSA) is 61.4 Å². The Labute approximate surface area is 126 Å². The zero-order valence-corrected chi connectivity index (χ0v) is 13.2. The SMILES string of the molecule is CC(CNc1ccc(C(=O)N(C)C)nn1)N1CCCCC1. The molecule has 116 valence electrons. The lowest BCUT2D eigenvalue weighted by molar-refractivity contribution is 0.0821. The van der Waals surface area contributed by atoms with Crippen molar-refractivity contribution in [3.05, 3.63) is 17.8 Å². The molecule has 6 heteroatoms. The molecule has 0 spiro atoms. The minimum atomic E-state index is -0.129. The van der Waals surface area contributed by atoms with Gasteiger partial charge in [-0.1, -0.05) is 6.42 Å². The van der Waals surface area contributed by atoms with Crippen LogP contribution < -0.4 is 5.32 Å². The van der Waals surface area contributed by atoms with Crippen molar-refractivity contribution >= 4 is 11.7 Å². The highest BCUT2D eigenvalue weighted by Gasteiger charge is 2.16. The van der Waals surface area contributed by atoms with E-state index in [4.69, 9.17) is 0 Å². The Morgan fingerprint density at radius 2 is 2.00 bits per heavy atom. The van der Waals surface area contributed by atoms with Gasteiger partial charge in [0.15, 0.2) is 5.69 Å². The Bertz CT molecular complexity index is 454. The number of carbonyl (C=O) groups excluding carboxylic acids is 1. The van der Waals surface area contributed by atoms with E-state index in [9.17, 15) is 4.79 Å². The predicted molar refractivity (Wildman–Crippen MR) is 83.4 cm³/mol. The third-order valence-electron chi connectivity index (χ3n) is 3.88. The van der Waals surface area contributed by atoms with Crippen LogP contribution in [0.15, 0.2) is 12.1 Å². The van der Waals surface area contributed by atoms with E-state index >= 15 is 0 Å². The summed E-state index contributed by atoms with van der Waals surface area (Å²) in [4.78, 5) is 15.7. The van der Waals surface area contributed by atoms with Gasteiger partial charge < -0.3 is 10.2 Å². The first-order valence-corrected chi connectivity index (χ1v) is 7.61. The van der Waals surface area contributed by atoms with Gasteiger partial charge in [0.1, 0.15) is 5.82 Å². The lowest BCUT2D eigenvalue weighted by Gasteiger charge is -2.32. The van der Waals surface area contributed by atoms with E-state index in [0.717, 1.165) is 6.54 Å². The summed E-state index contributed by atoms with van der Waals surface area (Å²) in [5, 5.41) is 11.3. The largest absolute Gasteiger partial charge is 0.367 e. The molecule has 1 N–H and O–H groups in total. The Hall–Kier alpha value is -1.69. The van der Waals surface area contributed by atoms with E-state index in [0.29, 0.717) is 17.6 Å². The van der Waals surface area contributed by atoms with Gasteiger partial charge in [-0.05, 0) is 45.0 Å². The van der Waals surface area contributed by atoms with Crippen LogP contribution in [-0.2, 0) is 0 Å². The molecule has 1 fully saturated rings. The van der Waals surface area contributed by atoms with Crippen LogP contribution in [0.3, 0.4) is 0 Å². The number of carbonyl (C=O) groups is 1. The number of anilines is 1. The van der Waals surface area contributed by atoms with Gasteiger partial charge in [-0.15, -0.1) is 10.2 Å². The number of hydrogen-bond acceptors (Lipinski definition) is 5. The van der Waals surface area contributed by atoms with Gasteiger partial charge in [0.25, 0.3) is 5.91 Å². The number of rotatable bonds is 5. The van der Waals surface area contributed by atoms with E-state index in [1.165, 1.54) is 37.3 Å². The highest BCUT2D eigenvalue weighted by atomic mass is 16.2. The monoisotopic (exact) mass is 291 g/mol. The second-order valence-corrected chi connectivity index (χ2v) is 5.83. The molecular weight excluding hydrogens is 266 g/mol. The van der Waals surface area contributed by atoms with Crippen LogP contribution in [0.25, 0.3) is 0 Å². The average molecular weight is 291 g/mol. The normalized spacial score (nSPS) is 17.3. The van der Waals surface area contributed by atoms with Crippen molar-refractivity contribution in [2.45, 2.75) is 32.2 Å². The van der Waals surface area contributed by atoms with Crippen molar-refractivity contribution in [2.75, 3.05) is 39.0 Å². The van der Waals surface area contributed by atoms with E-state index in [1.54, 1.807) is 20.2 Å². The molecule has 0 radical (unpaired) electrons. The highest BCUT2D eigenvalue weighted by molar-refractivity contribution is 5.91. The van der Waals surface area contributed by atoms with Crippen LogP contribution in [0.5, 0.6) is 0 Å². The fraction of sp³-hybridized carbons (Fsp3) is 0.667. The molecule has 1 aromatic rings. The Kier molecular flexibility index (Phi) is 5.50. The standard InChI is InChI=1S/C15H25N5O/c1-12(20-9-5-4-6-10-20)11-16-14-8-7-13(17-18-14)15(21)19(2)3/h7-8,12H,4-6,9-11H2,1-3H3,(H,16,18). The van der Waals surface area contributed by atoms with Crippen molar-refractivity contribution in [2.24, 2.45) is 0 Å². The third-order valence-corrected chi connectivity index (χ3v) is 3.88. The quantitative estimate of drug-likeness (QED) is 0.890. The van der Waals surface area contributed by atoms with Crippen molar-refractivity contribution < 1.29 is 4.79 Å². The Morgan fingerprint density at radius 3 is 2.57 bits per heavy atom. The second kappa shape index (κ2) is 7.36. The van der Waals surface area contributed by atoms with Gasteiger partial charge in [0, 0.05) is 26.7 Å². The molecule has 21 heavy (non-hydrogen) atoms. The smallest absolute Gasteiger partial charge is 0.273 e. The molecule has 0 bridgehead atoms. The van der Waals surface area contributed by atoms with Crippen molar-refractivity contribution in [3.8, 4) is 0 Å². The van der Waals surface area contributed by atoms with E-state index in [-0.39, 0.29) is 5.91 Å². The lowest BCUT2D eigenvalue weighted by atomic mass is 10.1. The van der Waals surface area contributed by atoms with Crippen LogP contribution >= 0.6 is 0 Å². The summed E-state index contributed by atoms with van der Waals surface area (Å²) in [6.45, 7) is 5.45. The van der Waals surface area contributed by atoms with Gasteiger partial charge in [0.05, 0.1) is 0 Å². The molecule has 1 saturated heterocycles. The molecular formula is C15H25N5O. The first-order valence-electron chi connectivity index (χ1n) is 7.61. The number of nitrogens with one attached hydrogen (secondary N) is 1. The molecule has 2 rings (SSSR count). The fourth-order valence-corrected chi connectivity index (χ4v) is 2.51. The summed E-state index contributed by atoms with van der Waals surface area (Å²) in [5.74, 6) is 0.588. The van der Waals surface area contributed by atoms with Gasteiger partial charge >= 0.3 is 0 Å². The number of amides is 1. The van der Waals surface area contributed by atoms with Gasteiger partial charge in [-0.3, -0.25) is 9.69 Å². The minimum Gasteiger partial charge on any atom is -0.367 e. The van der Waals surface area contributed by atoms with Crippen LogP contribution in [0, 0.1) is 0 Å². The number of likely N-dealkylation sites (tertiary alicyclic amines) is 1. The first-order chi connectivity index (χ1) is 10.1. The van der Waals surface area contributed by atoms with Crippen molar-refractivity contribution in [3.63, 3.8) is 0 Å². The summed E-state index contributed by atoms with van der Waals surface area (Å²) in [6.07, 6.45) is 3.94. The molecule has 6 nitrogen and oxygen atoms in total. The Balaban J connectivity index is 1.84. The average Bonchev–Trinajstić information content (AvgIpc) is 2.53. The molecule has 0 aliphatic carbocycles. The first kappa shape index (κ1) is 15.7. The molecule has 1 aliphatic heterocycles. The fourth-order valence-electron chi connectivity index (χ4n) is 2.51. The van der Waals surface area contributed by atoms with E-state index < -0.39 is 0 Å². The summed E-state index contributed by atoms with van der Waals surface area (Å²) < 4.78 is 0. The summed E-state index contributed by atoms with van der Waals surface area (Å²) in [7, 11) is 3.41. The predicted octanol–water partition coefficient (Wildman–Crippen LogP) is 1.46. The van der Waals surface area contributed by atoms with Gasteiger partial charge in [-0.25, -0.2) is 0 Å². The number of hydrogen-bond donors (Lipinski definition) is 1. The molecule has 1 aromatic heterocycles. The molecule has 2 heterocycles. The van der Waals surface area contributed by atoms with Gasteiger partial charge in [-0.2, -0.15) is 0 Å².